The van der Waals surface area contributed by atoms with E-state index in [4.69, 9.17) is 0 Å². The fourth-order valence-corrected chi connectivity index (χ4v) is 7.25. The van der Waals surface area contributed by atoms with Crippen LogP contribution in [0, 0.1) is 11.8 Å². The van der Waals surface area contributed by atoms with Gasteiger partial charge in [-0.15, -0.1) is 6.58 Å². The van der Waals surface area contributed by atoms with E-state index in [1.165, 1.54) is 13.0 Å². The number of carbonyl (C=O) groups excluding carboxylic acids is 3. The third kappa shape index (κ3) is 6.00. The number of nitrogens with one attached hydrogen (secondary N) is 3. The number of likely N-dealkylation sites (N-methyl/N-ethyl adjacent to an activating group) is 1. The van der Waals surface area contributed by atoms with Crippen molar-refractivity contribution in [3.63, 3.8) is 0 Å². The van der Waals surface area contributed by atoms with Crippen LogP contribution in [0.25, 0.3) is 10.8 Å². The average Bonchev–Trinajstić information content (AvgIpc) is 3.56. The van der Waals surface area contributed by atoms with Gasteiger partial charge in [0, 0.05) is 46.6 Å². The van der Waals surface area contributed by atoms with Crippen LogP contribution in [-0.4, -0.2) is 74.7 Å². The highest BCUT2D eigenvalue weighted by molar-refractivity contribution is 7.90. The Morgan fingerprint density at radius 1 is 1.05 bits per heavy atom. The fraction of sp³-hybridized carbons (Fsp3) is 0.344. The van der Waals surface area contributed by atoms with Crippen molar-refractivity contribution in [3.05, 3.63) is 84.9 Å². The van der Waals surface area contributed by atoms with E-state index in [0.717, 1.165) is 16.3 Å². The molecule has 0 bridgehead atoms. The molecule has 3 N–H and O–H groups in total. The molecule has 43 heavy (non-hydrogen) atoms. The molecule has 1 saturated carbocycles. The van der Waals surface area contributed by atoms with Crippen LogP contribution in [0.2, 0.25) is 0 Å². The van der Waals surface area contributed by atoms with Gasteiger partial charge in [0.05, 0.1) is 17.6 Å². The minimum absolute atomic E-state index is 0.0774. The number of hydrogen-bond donors (Lipinski definition) is 3. The summed E-state index contributed by atoms with van der Waals surface area (Å²) >= 11 is 0. The number of amides is 3. The molecular weight excluding hydrogens is 566 g/mol. The maximum atomic E-state index is 13.9. The van der Waals surface area contributed by atoms with E-state index in [9.17, 15) is 22.8 Å². The molecule has 2 fully saturated rings. The zero-order valence-corrected chi connectivity index (χ0v) is 25.4. The first-order valence-electron chi connectivity index (χ1n) is 14.2. The summed E-state index contributed by atoms with van der Waals surface area (Å²) in [6.07, 6.45) is 1.77. The average molecular weight is 604 g/mol. The quantitative estimate of drug-likeness (QED) is 0.304. The van der Waals surface area contributed by atoms with Crippen molar-refractivity contribution < 1.29 is 22.8 Å². The van der Waals surface area contributed by atoms with E-state index in [1.807, 2.05) is 12.1 Å². The predicted molar refractivity (Wildman–Crippen MR) is 165 cm³/mol. The molecule has 1 aliphatic carbocycles. The van der Waals surface area contributed by atoms with Crippen molar-refractivity contribution in [2.24, 2.45) is 11.8 Å². The topological polar surface area (TPSA) is 128 Å². The summed E-state index contributed by atoms with van der Waals surface area (Å²) in [4.78, 5) is 43.4. The SMILES string of the molecule is C=C[C@@H]1C[C@]1(NC(=O)[C@@H]1CN(Cc2ccc3ccccc3c2)C[C@@H]1N(C)C(C)=O)C(=O)NS(=O)(=O)c1ccccc1NC. The molecule has 5 rings (SSSR count). The third-order valence-corrected chi connectivity index (χ3v) is 10.0. The summed E-state index contributed by atoms with van der Waals surface area (Å²) in [7, 11) is -0.975. The molecule has 10 nitrogen and oxygen atoms in total. The Morgan fingerprint density at radius 3 is 2.42 bits per heavy atom. The van der Waals surface area contributed by atoms with Crippen LogP contribution in [0.5, 0.6) is 0 Å². The second kappa shape index (κ2) is 11.8. The largest absolute Gasteiger partial charge is 0.387 e. The van der Waals surface area contributed by atoms with Gasteiger partial charge in [0.15, 0.2) is 0 Å². The number of nitrogens with zero attached hydrogens (tertiary/aromatic N) is 2. The Morgan fingerprint density at radius 2 is 1.74 bits per heavy atom. The lowest BCUT2D eigenvalue weighted by Crippen LogP contribution is -2.55. The van der Waals surface area contributed by atoms with Crippen LogP contribution in [0.1, 0.15) is 18.9 Å². The van der Waals surface area contributed by atoms with Crippen molar-refractivity contribution in [1.29, 1.82) is 0 Å². The molecule has 0 radical (unpaired) electrons. The third-order valence-electron chi connectivity index (χ3n) is 8.64. The van der Waals surface area contributed by atoms with Gasteiger partial charge in [-0.1, -0.05) is 54.6 Å². The Bertz CT molecular complexity index is 1690. The highest BCUT2D eigenvalue weighted by atomic mass is 32.2. The summed E-state index contributed by atoms with van der Waals surface area (Å²) < 4.78 is 28.5. The van der Waals surface area contributed by atoms with Gasteiger partial charge in [-0.3, -0.25) is 19.3 Å². The first-order valence-corrected chi connectivity index (χ1v) is 15.7. The van der Waals surface area contributed by atoms with Crippen molar-refractivity contribution in [1.82, 2.24) is 19.8 Å². The van der Waals surface area contributed by atoms with Crippen LogP contribution < -0.4 is 15.4 Å². The number of benzene rings is 3. The number of rotatable bonds is 10. The van der Waals surface area contributed by atoms with Gasteiger partial charge in [0.1, 0.15) is 10.4 Å². The zero-order valence-electron chi connectivity index (χ0n) is 24.5. The number of hydrogen-bond acceptors (Lipinski definition) is 7. The first-order chi connectivity index (χ1) is 20.5. The monoisotopic (exact) mass is 603 g/mol. The summed E-state index contributed by atoms with van der Waals surface area (Å²) in [5.41, 5.74) is -0.0312. The number of anilines is 1. The molecule has 3 aromatic rings. The van der Waals surface area contributed by atoms with Gasteiger partial charge < -0.3 is 15.5 Å². The molecule has 3 aromatic carbocycles. The zero-order chi connectivity index (χ0) is 30.9. The number of fused-ring (bicyclic) bond motifs is 1. The standard InChI is InChI=1S/C32H37N5O5S/c1-5-25-17-32(25,31(40)35-43(41,42)29-13-9-8-12-27(29)33-3)34-30(39)26-19-37(20-28(26)36(4)21(2)38)18-22-14-15-23-10-6-7-11-24(23)16-22/h5-16,25-26,28,33H,1,17-20H2,2-4H3,(H,34,39)(H,35,40)/t25-,26-,28+,32-/m1/s1. The minimum atomic E-state index is -4.24. The van der Waals surface area contributed by atoms with Crippen LogP contribution in [-0.2, 0) is 31.0 Å². The maximum absolute atomic E-state index is 13.9. The summed E-state index contributed by atoms with van der Waals surface area (Å²) in [5, 5.41) is 7.96. The molecule has 1 heterocycles. The molecule has 226 valence electrons. The van der Waals surface area contributed by atoms with Crippen molar-refractivity contribution in [2.45, 2.75) is 36.4 Å². The molecule has 0 spiro atoms. The Balaban J connectivity index is 1.35. The van der Waals surface area contributed by atoms with Crippen LogP contribution in [0.3, 0.4) is 0 Å². The first kappa shape index (κ1) is 30.2. The van der Waals surface area contributed by atoms with E-state index < -0.39 is 45.3 Å². The van der Waals surface area contributed by atoms with Gasteiger partial charge in [-0.2, -0.15) is 0 Å². The lowest BCUT2D eigenvalue weighted by atomic mass is 10.00. The van der Waals surface area contributed by atoms with Crippen LogP contribution in [0.4, 0.5) is 5.69 Å². The Kier molecular flexibility index (Phi) is 8.31. The van der Waals surface area contributed by atoms with E-state index in [-0.39, 0.29) is 17.2 Å². The van der Waals surface area contributed by atoms with Crippen molar-refractivity contribution in [2.75, 3.05) is 32.5 Å². The van der Waals surface area contributed by atoms with E-state index >= 15 is 0 Å². The van der Waals surface area contributed by atoms with Gasteiger partial charge >= 0.3 is 0 Å². The second-order valence-electron chi connectivity index (χ2n) is 11.4. The summed E-state index contributed by atoms with van der Waals surface area (Å²) in [6.45, 7) is 6.66. The second-order valence-corrected chi connectivity index (χ2v) is 13.0. The normalized spacial score (nSPS) is 23.4. The lowest BCUT2D eigenvalue weighted by Gasteiger charge is -2.29. The molecule has 1 aliphatic heterocycles. The van der Waals surface area contributed by atoms with Crippen LogP contribution in [0.15, 0.2) is 84.3 Å². The van der Waals surface area contributed by atoms with E-state index in [1.54, 1.807) is 43.3 Å². The Hall–Kier alpha value is -4.22. The molecule has 3 amide bonds. The lowest BCUT2D eigenvalue weighted by molar-refractivity contribution is -0.135. The molecule has 1 saturated heterocycles. The molecular formula is C32H37N5O5S. The molecule has 4 atom stereocenters. The highest BCUT2D eigenvalue weighted by Gasteiger charge is 2.61. The van der Waals surface area contributed by atoms with Crippen molar-refractivity contribution in [3.8, 4) is 0 Å². The number of likely N-dealkylation sites (tertiary alicyclic amines) is 1. The molecule has 2 aliphatic rings. The van der Waals surface area contributed by atoms with Gasteiger partial charge in [-0.25, -0.2) is 13.1 Å². The molecule has 0 unspecified atom stereocenters. The van der Waals surface area contributed by atoms with Crippen LogP contribution >= 0.6 is 0 Å². The molecule has 11 heteroatoms. The van der Waals surface area contributed by atoms with E-state index in [2.05, 4.69) is 57.2 Å². The van der Waals surface area contributed by atoms with Gasteiger partial charge in [-0.05, 0) is 41.0 Å². The highest BCUT2D eigenvalue weighted by Crippen LogP contribution is 2.45. The predicted octanol–water partition coefficient (Wildman–Crippen LogP) is 2.73. The number of carbonyl (C=O) groups is 3. The number of para-hydroxylation sites is 1. The fourth-order valence-electron chi connectivity index (χ4n) is 6.00. The smallest absolute Gasteiger partial charge is 0.266 e. The van der Waals surface area contributed by atoms with Crippen molar-refractivity contribution >= 4 is 44.2 Å². The number of sulfonamides is 1. The maximum Gasteiger partial charge on any atom is 0.266 e. The minimum Gasteiger partial charge on any atom is -0.387 e. The van der Waals surface area contributed by atoms with Gasteiger partial charge in [0.2, 0.25) is 11.8 Å². The summed E-state index contributed by atoms with van der Waals surface area (Å²) in [6, 6.07) is 20.2. The Labute approximate surface area is 252 Å². The summed E-state index contributed by atoms with van der Waals surface area (Å²) in [5.74, 6) is -2.48. The molecule has 0 aromatic heterocycles. The van der Waals surface area contributed by atoms with E-state index in [0.29, 0.717) is 25.3 Å². The van der Waals surface area contributed by atoms with Gasteiger partial charge in [0.25, 0.3) is 15.9 Å².